The van der Waals surface area contributed by atoms with E-state index < -0.39 is 0 Å². The van der Waals surface area contributed by atoms with Gasteiger partial charge in [0.05, 0.1) is 12.1 Å². The van der Waals surface area contributed by atoms with E-state index in [4.69, 9.17) is 0 Å². The van der Waals surface area contributed by atoms with Gasteiger partial charge >= 0.3 is 0 Å². The Bertz CT molecular complexity index is 772. The van der Waals surface area contributed by atoms with Crippen LogP contribution in [-0.2, 0) is 11.2 Å². The third-order valence-corrected chi connectivity index (χ3v) is 4.24. The molecule has 0 spiro atoms. The van der Waals surface area contributed by atoms with Gasteiger partial charge in [0.1, 0.15) is 5.69 Å². The molecular formula is C16H12BrN3OS. The Morgan fingerprint density at radius 2 is 1.95 bits per heavy atom. The summed E-state index contributed by atoms with van der Waals surface area (Å²) in [6, 6.07) is 13.3. The first-order valence-electron chi connectivity index (χ1n) is 6.62. The number of benzene rings is 1. The Balaban J connectivity index is 1.65. The first-order chi connectivity index (χ1) is 10.7. The maximum atomic E-state index is 12.0. The zero-order chi connectivity index (χ0) is 15.4. The van der Waals surface area contributed by atoms with Crippen molar-refractivity contribution in [1.29, 1.82) is 0 Å². The molecule has 0 aliphatic rings. The number of anilines is 1. The van der Waals surface area contributed by atoms with Gasteiger partial charge in [-0.25, -0.2) is 4.98 Å². The molecule has 4 nitrogen and oxygen atoms in total. The van der Waals surface area contributed by atoms with Crippen LogP contribution in [0.2, 0.25) is 0 Å². The van der Waals surface area contributed by atoms with Crippen LogP contribution >= 0.6 is 27.3 Å². The van der Waals surface area contributed by atoms with Crippen molar-refractivity contribution < 1.29 is 4.79 Å². The van der Waals surface area contributed by atoms with E-state index in [-0.39, 0.29) is 5.91 Å². The molecule has 0 aliphatic heterocycles. The molecule has 0 fully saturated rings. The second kappa shape index (κ2) is 6.81. The molecule has 1 aromatic carbocycles. The highest BCUT2D eigenvalue weighted by Crippen LogP contribution is 2.23. The molecule has 0 saturated carbocycles. The monoisotopic (exact) mass is 373 g/mol. The number of thiazole rings is 1. The quantitative estimate of drug-likeness (QED) is 0.747. The number of carbonyl (C=O) groups is 1. The van der Waals surface area contributed by atoms with Crippen molar-refractivity contribution in [2.24, 2.45) is 0 Å². The zero-order valence-electron chi connectivity index (χ0n) is 11.5. The molecule has 0 bridgehead atoms. The molecule has 2 aromatic heterocycles. The number of hydrogen-bond donors (Lipinski definition) is 1. The van der Waals surface area contributed by atoms with Crippen LogP contribution < -0.4 is 5.32 Å². The summed E-state index contributed by atoms with van der Waals surface area (Å²) >= 11 is 4.77. The number of aromatic nitrogens is 2. The van der Waals surface area contributed by atoms with Crippen molar-refractivity contribution in [1.82, 2.24) is 9.97 Å². The highest BCUT2D eigenvalue weighted by Gasteiger charge is 2.09. The molecule has 0 radical (unpaired) electrons. The van der Waals surface area contributed by atoms with E-state index in [1.807, 2.05) is 47.8 Å². The summed E-state index contributed by atoms with van der Waals surface area (Å²) in [7, 11) is 0. The van der Waals surface area contributed by atoms with Crippen LogP contribution in [-0.4, -0.2) is 15.9 Å². The van der Waals surface area contributed by atoms with Crippen molar-refractivity contribution >= 4 is 38.3 Å². The molecule has 1 N–H and O–H groups in total. The van der Waals surface area contributed by atoms with Crippen molar-refractivity contribution in [2.75, 3.05) is 5.32 Å². The van der Waals surface area contributed by atoms with Gasteiger partial charge < -0.3 is 5.32 Å². The van der Waals surface area contributed by atoms with Gasteiger partial charge in [-0.05, 0) is 29.8 Å². The van der Waals surface area contributed by atoms with Gasteiger partial charge in [-0.2, -0.15) is 0 Å². The van der Waals surface area contributed by atoms with Crippen molar-refractivity contribution in [2.45, 2.75) is 6.42 Å². The second-order valence-electron chi connectivity index (χ2n) is 4.60. The molecule has 3 aromatic rings. The van der Waals surface area contributed by atoms with Crippen LogP contribution in [0.25, 0.3) is 11.4 Å². The third kappa shape index (κ3) is 3.78. The van der Waals surface area contributed by atoms with Crippen molar-refractivity contribution in [3.8, 4) is 11.4 Å². The Labute approximate surface area is 140 Å². The Kier molecular flexibility index (Phi) is 4.60. The topological polar surface area (TPSA) is 54.9 Å². The van der Waals surface area contributed by atoms with Crippen molar-refractivity contribution in [3.63, 3.8) is 0 Å². The van der Waals surface area contributed by atoms with E-state index in [2.05, 4.69) is 31.2 Å². The SMILES string of the molecule is O=C(Cc1ccc(Br)cc1)Nc1nc(-c2ccccn2)cs1. The van der Waals surface area contributed by atoms with Gasteiger partial charge in [-0.15, -0.1) is 11.3 Å². The molecular weight excluding hydrogens is 362 g/mol. The molecule has 0 saturated heterocycles. The summed E-state index contributed by atoms with van der Waals surface area (Å²) in [4.78, 5) is 20.7. The number of nitrogens with one attached hydrogen (secondary N) is 1. The minimum atomic E-state index is -0.0794. The van der Waals surface area contributed by atoms with E-state index in [1.54, 1.807) is 6.20 Å². The molecule has 2 heterocycles. The molecule has 22 heavy (non-hydrogen) atoms. The van der Waals surface area contributed by atoms with Crippen molar-refractivity contribution in [3.05, 3.63) is 64.1 Å². The van der Waals surface area contributed by atoms with E-state index in [9.17, 15) is 4.79 Å². The smallest absolute Gasteiger partial charge is 0.230 e. The van der Waals surface area contributed by atoms with E-state index in [0.29, 0.717) is 11.6 Å². The normalized spacial score (nSPS) is 10.4. The van der Waals surface area contributed by atoms with Gasteiger partial charge in [0, 0.05) is 16.0 Å². The predicted molar refractivity (Wildman–Crippen MR) is 91.8 cm³/mol. The maximum Gasteiger partial charge on any atom is 0.230 e. The first-order valence-corrected chi connectivity index (χ1v) is 8.29. The van der Waals surface area contributed by atoms with Crippen LogP contribution in [0.4, 0.5) is 5.13 Å². The zero-order valence-corrected chi connectivity index (χ0v) is 13.9. The van der Waals surface area contributed by atoms with Gasteiger partial charge in [0.15, 0.2) is 5.13 Å². The van der Waals surface area contributed by atoms with Crippen LogP contribution in [0.5, 0.6) is 0 Å². The minimum Gasteiger partial charge on any atom is -0.302 e. The second-order valence-corrected chi connectivity index (χ2v) is 6.38. The third-order valence-electron chi connectivity index (χ3n) is 2.96. The largest absolute Gasteiger partial charge is 0.302 e. The van der Waals surface area contributed by atoms with Crippen LogP contribution in [0, 0.1) is 0 Å². The number of nitrogens with zero attached hydrogens (tertiary/aromatic N) is 2. The lowest BCUT2D eigenvalue weighted by atomic mass is 10.1. The average Bonchev–Trinajstić information content (AvgIpc) is 2.99. The summed E-state index contributed by atoms with van der Waals surface area (Å²) in [6.45, 7) is 0. The summed E-state index contributed by atoms with van der Waals surface area (Å²) in [6.07, 6.45) is 2.05. The lowest BCUT2D eigenvalue weighted by Gasteiger charge is -2.02. The fourth-order valence-corrected chi connectivity index (χ4v) is 2.90. The summed E-state index contributed by atoms with van der Waals surface area (Å²) in [5.74, 6) is -0.0794. The number of amides is 1. The molecule has 0 unspecified atom stereocenters. The first kappa shape index (κ1) is 14.9. The molecule has 0 atom stereocenters. The van der Waals surface area contributed by atoms with Gasteiger partial charge in [0.25, 0.3) is 0 Å². The number of hydrogen-bond acceptors (Lipinski definition) is 4. The fraction of sp³-hybridized carbons (Fsp3) is 0.0625. The Hall–Kier alpha value is -2.05. The predicted octanol–water partition coefficient (Wildman–Crippen LogP) is 4.15. The summed E-state index contributed by atoms with van der Waals surface area (Å²) < 4.78 is 0.997. The Morgan fingerprint density at radius 3 is 2.68 bits per heavy atom. The molecule has 3 rings (SSSR count). The van der Waals surface area contributed by atoms with Crippen LogP contribution in [0.15, 0.2) is 58.5 Å². The van der Waals surface area contributed by atoms with Gasteiger partial charge in [-0.1, -0.05) is 34.1 Å². The molecule has 0 aliphatic carbocycles. The number of carbonyl (C=O) groups excluding carboxylic acids is 1. The summed E-state index contributed by atoms with van der Waals surface area (Å²) in [5.41, 5.74) is 2.53. The number of pyridine rings is 1. The van der Waals surface area contributed by atoms with E-state index >= 15 is 0 Å². The molecule has 1 amide bonds. The standard InChI is InChI=1S/C16H12BrN3OS/c17-12-6-4-11(5-7-12)9-15(21)20-16-19-14(10-22-16)13-3-1-2-8-18-13/h1-8,10H,9H2,(H,19,20,21). The molecule has 6 heteroatoms. The Morgan fingerprint density at radius 1 is 1.14 bits per heavy atom. The van der Waals surface area contributed by atoms with Gasteiger partial charge in [-0.3, -0.25) is 9.78 Å². The number of halogens is 1. The molecule has 110 valence electrons. The maximum absolute atomic E-state index is 12.0. The highest BCUT2D eigenvalue weighted by molar-refractivity contribution is 9.10. The minimum absolute atomic E-state index is 0.0794. The number of rotatable bonds is 4. The highest BCUT2D eigenvalue weighted by atomic mass is 79.9. The van der Waals surface area contributed by atoms with Crippen LogP contribution in [0.3, 0.4) is 0 Å². The van der Waals surface area contributed by atoms with Crippen LogP contribution in [0.1, 0.15) is 5.56 Å². The van der Waals surface area contributed by atoms with E-state index in [1.165, 1.54) is 11.3 Å². The lowest BCUT2D eigenvalue weighted by molar-refractivity contribution is -0.115. The average molecular weight is 374 g/mol. The fourth-order valence-electron chi connectivity index (χ4n) is 1.91. The van der Waals surface area contributed by atoms with Gasteiger partial charge in [0.2, 0.25) is 5.91 Å². The summed E-state index contributed by atoms with van der Waals surface area (Å²) in [5, 5.41) is 5.30. The van der Waals surface area contributed by atoms with E-state index in [0.717, 1.165) is 21.4 Å². The lowest BCUT2D eigenvalue weighted by Crippen LogP contribution is -2.14.